The molecule has 92 valence electrons. The van der Waals surface area contributed by atoms with E-state index in [0.717, 1.165) is 24.9 Å². The topological polar surface area (TPSA) is 46.3 Å². The van der Waals surface area contributed by atoms with Crippen LogP contribution in [-0.4, -0.2) is 29.9 Å². The van der Waals surface area contributed by atoms with E-state index in [1.54, 1.807) is 0 Å². The SMILES string of the molecule is CC1CCCC(CCN2CC(N)CC2=O)C1. The molecule has 3 atom stereocenters. The molecule has 0 aromatic heterocycles. The van der Waals surface area contributed by atoms with Crippen LogP contribution in [0.4, 0.5) is 0 Å². The van der Waals surface area contributed by atoms with Gasteiger partial charge in [0.1, 0.15) is 0 Å². The van der Waals surface area contributed by atoms with Crippen LogP contribution in [0.15, 0.2) is 0 Å². The van der Waals surface area contributed by atoms with Crippen molar-refractivity contribution in [1.29, 1.82) is 0 Å². The van der Waals surface area contributed by atoms with Gasteiger partial charge in [0.05, 0.1) is 0 Å². The Morgan fingerprint density at radius 2 is 2.25 bits per heavy atom. The molecule has 0 aromatic rings. The van der Waals surface area contributed by atoms with Crippen molar-refractivity contribution in [3.8, 4) is 0 Å². The van der Waals surface area contributed by atoms with Crippen LogP contribution in [0.25, 0.3) is 0 Å². The van der Waals surface area contributed by atoms with Crippen LogP contribution in [0.1, 0.15) is 45.4 Å². The molecule has 3 unspecified atom stereocenters. The standard InChI is InChI=1S/C13H24N2O/c1-10-3-2-4-11(7-10)5-6-15-9-12(14)8-13(15)16/h10-12H,2-9,14H2,1H3. The molecule has 1 saturated heterocycles. The minimum Gasteiger partial charge on any atom is -0.341 e. The molecule has 0 radical (unpaired) electrons. The summed E-state index contributed by atoms with van der Waals surface area (Å²) >= 11 is 0. The highest BCUT2D eigenvalue weighted by Gasteiger charge is 2.27. The first-order valence-electron chi connectivity index (χ1n) is 6.68. The van der Waals surface area contributed by atoms with Crippen molar-refractivity contribution in [3.63, 3.8) is 0 Å². The lowest BCUT2D eigenvalue weighted by molar-refractivity contribution is -0.127. The second-order valence-electron chi connectivity index (χ2n) is 5.73. The van der Waals surface area contributed by atoms with Gasteiger partial charge in [-0.2, -0.15) is 0 Å². The summed E-state index contributed by atoms with van der Waals surface area (Å²) in [7, 11) is 0. The number of rotatable bonds is 3. The summed E-state index contributed by atoms with van der Waals surface area (Å²) < 4.78 is 0. The summed E-state index contributed by atoms with van der Waals surface area (Å²) in [5, 5.41) is 0. The van der Waals surface area contributed by atoms with Gasteiger partial charge in [-0.25, -0.2) is 0 Å². The maximum Gasteiger partial charge on any atom is 0.224 e. The number of carbonyl (C=O) groups excluding carboxylic acids is 1. The summed E-state index contributed by atoms with van der Waals surface area (Å²) in [4.78, 5) is 13.5. The first-order chi connectivity index (χ1) is 7.65. The number of amides is 1. The Balaban J connectivity index is 1.72. The summed E-state index contributed by atoms with van der Waals surface area (Å²) in [5.74, 6) is 1.99. The third kappa shape index (κ3) is 2.97. The van der Waals surface area contributed by atoms with Gasteiger partial charge in [-0.15, -0.1) is 0 Å². The average molecular weight is 224 g/mol. The molecule has 1 heterocycles. The van der Waals surface area contributed by atoms with Gasteiger partial charge in [0, 0.05) is 25.6 Å². The Hall–Kier alpha value is -0.570. The summed E-state index contributed by atoms with van der Waals surface area (Å²) in [6.45, 7) is 4.06. The van der Waals surface area contributed by atoms with Crippen molar-refractivity contribution >= 4 is 5.91 Å². The van der Waals surface area contributed by atoms with Crippen LogP contribution in [0, 0.1) is 11.8 Å². The molecule has 1 saturated carbocycles. The number of likely N-dealkylation sites (tertiary alicyclic amines) is 1. The molecule has 16 heavy (non-hydrogen) atoms. The largest absolute Gasteiger partial charge is 0.341 e. The lowest BCUT2D eigenvalue weighted by atomic mass is 9.81. The number of carbonyl (C=O) groups is 1. The van der Waals surface area contributed by atoms with Crippen molar-refractivity contribution in [2.75, 3.05) is 13.1 Å². The fourth-order valence-corrected chi connectivity index (χ4v) is 3.18. The first-order valence-corrected chi connectivity index (χ1v) is 6.68. The zero-order valence-corrected chi connectivity index (χ0v) is 10.3. The van der Waals surface area contributed by atoms with Crippen molar-refractivity contribution in [3.05, 3.63) is 0 Å². The molecule has 2 rings (SSSR count). The van der Waals surface area contributed by atoms with E-state index in [-0.39, 0.29) is 11.9 Å². The van der Waals surface area contributed by atoms with E-state index in [4.69, 9.17) is 5.73 Å². The van der Waals surface area contributed by atoms with E-state index < -0.39 is 0 Å². The van der Waals surface area contributed by atoms with E-state index in [0.29, 0.717) is 6.42 Å². The number of nitrogens with two attached hydrogens (primary N) is 1. The molecule has 1 amide bonds. The number of hydrogen-bond donors (Lipinski definition) is 1. The van der Waals surface area contributed by atoms with Crippen LogP contribution in [0.3, 0.4) is 0 Å². The van der Waals surface area contributed by atoms with E-state index in [2.05, 4.69) is 6.92 Å². The Bertz CT molecular complexity index is 254. The van der Waals surface area contributed by atoms with Crippen LogP contribution in [0.5, 0.6) is 0 Å². The van der Waals surface area contributed by atoms with Crippen molar-refractivity contribution < 1.29 is 4.79 Å². The summed E-state index contributed by atoms with van der Waals surface area (Å²) in [5.41, 5.74) is 5.78. The fraction of sp³-hybridized carbons (Fsp3) is 0.923. The maximum absolute atomic E-state index is 11.6. The Labute approximate surface area is 98.4 Å². The third-order valence-corrected chi connectivity index (χ3v) is 4.10. The highest BCUT2D eigenvalue weighted by Crippen LogP contribution is 2.31. The fourth-order valence-electron chi connectivity index (χ4n) is 3.18. The molecule has 2 N–H and O–H groups in total. The number of nitrogens with zero attached hydrogens (tertiary/aromatic N) is 1. The molecule has 0 bridgehead atoms. The van der Waals surface area contributed by atoms with Crippen LogP contribution >= 0.6 is 0 Å². The minimum absolute atomic E-state index is 0.0813. The van der Waals surface area contributed by atoms with Gasteiger partial charge >= 0.3 is 0 Å². The van der Waals surface area contributed by atoms with E-state index >= 15 is 0 Å². The van der Waals surface area contributed by atoms with Gasteiger partial charge in [0.15, 0.2) is 0 Å². The molecular weight excluding hydrogens is 200 g/mol. The molecular formula is C13H24N2O. The van der Waals surface area contributed by atoms with Gasteiger partial charge < -0.3 is 10.6 Å². The lowest BCUT2D eigenvalue weighted by Gasteiger charge is -2.28. The quantitative estimate of drug-likeness (QED) is 0.794. The van der Waals surface area contributed by atoms with Gasteiger partial charge in [-0.3, -0.25) is 4.79 Å². The Kier molecular flexibility index (Phi) is 3.85. The van der Waals surface area contributed by atoms with Crippen molar-refractivity contribution in [1.82, 2.24) is 4.90 Å². The Morgan fingerprint density at radius 1 is 1.44 bits per heavy atom. The number of hydrogen-bond acceptors (Lipinski definition) is 2. The molecule has 3 nitrogen and oxygen atoms in total. The maximum atomic E-state index is 11.6. The average Bonchev–Trinajstić information content (AvgIpc) is 2.54. The van der Waals surface area contributed by atoms with Gasteiger partial charge in [0.25, 0.3) is 0 Å². The van der Waals surface area contributed by atoms with Crippen molar-refractivity contribution in [2.45, 2.75) is 51.5 Å². The molecule has 0 spiro atoms. The predicted molar refractivity (Wildman–Crippen MR) is 64.9 cm³/mol. The molecule has 3 heteroatoms. The second kappa shape index (κ2) is 5.17. The molecule has 0 aromatic carbocycles. The summed E-state index contributed by atoms with van der Waals surface area (Å²) in [6.07, 6.45) is 7.22. The zero-order chi connectivity index (χ0) is 11.5. The zero-order valence-electron chi connectivity index (χ0n) is 10.3. The van der Waals surface area contributed by atoms with Crippen molar-refractivity contribution in [2.24, 2.45) is 17.6 Å². The highest BCUT2D eigenvalue weighted by molar-refractivity contribution is 5.79. The lowest BCUT2D eigenvalue weighted by Crippen LogP contribution is -2.30. The van der Waals surface area contributed by atoms with Gasteiger partial charge in [0.2, 0.25) is 5.91 Å². The molecule has 2 aliphatic rings. The monoisotopic (exact) mass is 224 g/mol. The Morgan fingerprint density at radius 3 is 2.88 bits per heavy atom. The minimum atomic E-state index is 0.0813. The van der Waals surface area contributed by atoms with Crippen LogP contribution in [-0.2, 0) is 4.79 Å². The van der Waals surface area contributed by atoms with Gasteiger partial charge in [-0.1, -0.05) is 26.2 Å². The summed E-state index contributed by atoms with van der Waals surface area (Å²) in [6, 6.07) is 0.0813. The normalized spacial score (nSPS) is 35.8. The highest BCUT2D eigenvalue weighted by atomic mass is 16.2. The van der Waals surface area contributed by atoms with Crippen LogP contribution < -0.4 is 5.73 Å². The van der Waals surface area contributed by atoms with E-state index in [9.17, 15) is 4.79 Å². The second-order valence-corrected chi connectivity index (χ2v) is 5.73. The van der Waals surface area contributed by atoms with Gasteiger partial charge in [-0.05, 0) is 24.7 Å². The molecule has 1 aliphatic carbocycles. The van der Waals surface area contributed by atoms with Crippen LogP contribution in [0.2, 0.25) is 0 Å². The third-order valence-electron chi connectivity index (χ3n) is 4.10. The first kappa shape index (κ1) is 11.9. The van der Waals surface area contributed by atoms with E-state index in [1.807, 2.05) is 4.90 Å². The molecule has 1 aliphatic heterocycles. The predicted octanol–water partition coefficient (Wildman–Crippen LogP) is 1.76. The smallest absolute Gasteiger partial charge is 0.224 e. The van der Waals surface area contributed by atoms with E-state index in [1.165, 1.54) is 32.1 Å². The molecule has 2 fully saturated rings.